The quantitative estimate of drug-likeness (QED) is 0.282. The predicted octanol–water partition coefficient (Wildman–Crippen LogP) is 3.95. The van der Waals surface area contributed by atoms with Crippen LogP contribution in [-0.4, -0.2) is 48.6 Å². The summed E-state index contributed by atoms with van der Waals surface area (Å²) in [6.07, 6.45) is 17.4. The van der Waals surface area contributed by atoms with Crippen molar-refractivity contribution in [3.63, 3.8) is 0 Å². The van der Waals surface area contributed by atoms with Crippen LogP contribution >= 0.6 is 0 Å². The minimum absolute atomic E-state index is 0.0235. The first-order valence-corrected chi connectivity index (χ1v) is 10.9. The molecular weight excluding hydrogens is 330 g/mol. The zero-order valence-corrected chi connectivity index (χ0v) is 17.0. The summed E-state index contributed by atoms with van der Waals surface area (Å²) in [6, 6.07) is 0. The van der Waals surface area contributed by atoms with Gasteiger partial charge in [-0.05, 0) is 6.42 Å². The molecule has 0 heterocycles. The molecule has 1 atom stereocenters. The van der Waals surface area contributed by atoms with Crippen LogP contribution in [0.1, 0.15) is 96.8 Å². The maximum atomic E-state index is 11.3. The van der Waals surface area contributed by atoms with Gasteiger partial charge < -0.3 is 20.3 Å². The van der Waals surface area contributed by atoms with Crippen molar-refractivity contribution in [1.82, 2.24) is 5.32 Å². The molecule has 0 aliphatic heterocycles. The third-order valence-electron chi connectivity index (χ3n) is 4.63. The van der Waals surface area contributed by atoms with Crippen molar-refractivity contribution in [2.45, 2.75) is 103 Å². The molecule has 0 aromatic heterocycles. The first-order chi connectivity index (χ1) is 12.7. The summed E-state index contributed by atoms with van der Waals surface area (Å²) in [5.74, 6) is -0.486. The van der Waals surface area contributed by atoms with E-state index in [-0.39, 0.29) is 19.8 Å². The molecule has 0 fully saturated rings. The molecular formula is C21H43NO4. The van der Waals surface area contributed by atoms with Gasteiger partial charge in [0.05, 0.1) is 13.2 Å². The number of carbonyl (C=O) groups is 1. The monoisotopic (exact) mass is 373 g/mol. The number of unbranched alkanes of at least 4 members (excludes halogenated alkanes) is 13. The standard InChI is InChI=1S/C21H43NO4/c1-2-3-4-5-6-7-8-9-10-11-12-13-14-15-18-26-19-20(24)21(25)22-16-17-23/h20,23-24H,2-19H2,1H3,(H,22,25). The lowest BCUT2D eigenvalue weighted by atomic mass is 10.0. The zero-order chi connectivity index (χ0) is 19.3. The zero-order valence-electron chi connectivity index (χ0n) is 17.0. The summed E-state index contributed by atoms with van der Waals surface area (Å²) in [7, 11) is 0. The molecule has 0 aliphatic carbocycles. The van der Waals surface area contributed by atoms with Gasteiger partial charge in [-0.2, -0.15) is 0 Å². The second-order valence-electron chi connectivity index (χ2n) is 7.20. The molecule has 0 saturated carbocycles. The van der Waals surface area contributed by atoms with Gasteiger partial charge in [-0.15, -0.1) is 0 Å². The minimum Gasteiger partial charge on any atom is -0.395 e. The molecule has 3 N–H and O–H groups in total. The Morgan fingerprint density at radius 1 is 0.846 bits per heavy atom. The van der Waals surface area contributed by atoms with Crippen LogP contribution in [0.3, 0.4) is 0 Å². The van der Waals surface area contributed by atoms with E-state index in [9.17, 15) is 9.90 Å². The van der Waals surface area contributed by atoms with Crippen molar-refractivity contribution in [3.05, 3.63) is 0 Å². The van der Waals surface area contributed by atoms with Crippen molar-refractivity contribution < 1.29 is 19.7 Å². The van der Waals surface area contributed by atoms with Crippen LogP contribution in [0.25, 0.3) is 0 Å². The largest absolute Gasteiger partial charge is 0.395 e. The van der Waals surface area contributed by atoms with Gasteiger partial charge in [0.2, 0.25) is 0 Å². The first-order valence-electron chi connectivity index (χ1n) is 10.9. The number of nitrogens with one attached hydrogen (secondary N) is 1. The van der Waals surface area contributed by atoms with Crippen molar-refractivity contribution in [1.29, 1.82) is 0 Å². The number of aliphatic hydroxyl groups excluding tert-OH is 2. The highest BCUT2D eigenvalue weighted by Gasteiger charge is 2.13. The summed E-state index contributed by atoms with van der Waals surface area (Å²) in [5, 5.41) is 20.6. The van der Waals surface area contributed by atoms with E-state index in [4.69, 9.17) is 9.84 Å². The van der Waals surface area contributed by atoms with E-state index in [2.05, 4.69) is 12.2 Å². The van der Waals surface area contributed by atoms with Crippen molar-refractivity contribution in [2.75, 3.05) is 26.4 Å². The predicted molar refractivity (Wildman–Crippen MR) is 107 cm³/mol. The van der Waals surface area contributed by atoms with Crippen LogP contribution in [0.4, 0.5) is 0 Å². The number of aliphatic hydroxyl groups is 2. The van der Waals surface area contributed by atoms with Crippen LogP contribution in [-0.2, 0) is 9.53 Å². The lowest BCUT2D eigenvalue weighted by Gasteiger charge is -2.11. The summed E-state index contributed by atoms with van der Waals surface area (Å²) in [4.78, 5) is 11.3. The normalized spacial score (nSPS) is 12.3. The highest BCUT2D eigenvalue weighted by Crippen LogP contribution is 2.12. The fourth-order valence-corrected chi connectivity index (χ4v) is 2.97. The minimum atomic E-state index is -1.15. The lowest BCUT2D eigenvalue weighted by Crippen LogP contribution is -2.38. The molecule has 0 saturated heterocycles. The van der Waals surface area contributed by atoms with Gasteiger partial charge in [0.25, 0.3) is 5.91 Å². The van der Waals surface area contributed by atoms with Crippen molar-refractivity contribution in [2.24, 2.45) is 0 Å². The second-order valence-corrected chi connectivity index (χ2v) is 7.20. The Morgan fingerprint density at radius 3 is 1.77 bits per heavy atom. The Bertz CT molecular complexity index is 300. The Hall–Kier alpha value is -0.650. The van der Waals surface area contributed by atoms with Gasteiger partial charge >= 0.3 is 0 Å². The molecule has 0 aliphatic rings. The van der Waals surface area contributed by atoms with Gasteiger partial charge in [0.15, 0.2) is 6.10 Å². The van der Waals surface area contributed by atoms with Crippen molar-refractivity contribution in [3.8, 4) is 0 Å². The summed E-state index contributed by atoms with van der Waals surface area (Å²) < 4.78 is 5.33. The van der Waals surface area contributed by atoms with E-state index in [1.54, 1.807) is 0 Å². The maximum absolute atomic E-state index is 11.3. The van der Waals surface area contributed by atoms with Crippen LogP contribution in [0.15, 0.2) is 0 Å². The Labute approximate surface area is 160 Å². The molecule has 5 nitrogen and oxygen atoms in total. The number of hydrogen-bond acceptors (Lipinski definition) is 4. The molecule has 5 heteroatoms. The molecule has 1 unspecified atom stereocenters. The molecule has 0 bridgehead atoms. The summed E-state index contributed by atoms with van der Waals surface area (Å²) in [6.45, 7) is 2.91. The van der Waals surface area contributed by atoms with Crippen LogP contribution in [0, 0.1) is 0 Å². The van der Waals surface area contributed by atoms with E-state index in [1.807, 2.05) is 0 Å². The Kier molecular flexibility index (Phi) is 20.1. The van der Waals surface area contributed by atoms with Crippen LogP contribution in [0.5, 0.6) is 0 Å². The lowest BCUT2D eigenvalue weighted by molar-refractivity contribution is -0.132. The number of carbonyl (C=O) groups excluding carboxylic acids is 1. The van der Waals surface area contributed by atoms with Crippen LogP contribution < -0.4 is 5.32 Å². The van der Waals surface area contributed by atoms with E-state index >= 15 is 0 Å². The molecule has 0 aromatic rings. The van der Waals surface area contributed by atoms with Gasteiger partial charge in [0.1, 0.15) is 0 Å². The van der Waals surface area contributed by atoms with Crippen molar-refractivity contribution >= 4 is 5.91 Å². The van der Waals surface area contributed by atoms with Gasteiger partial charge in [-0.3, -0.25) is 4.79 Å². The molecule has 26 heavy (non-hydrogen) atoms. The van der Waals surface area contributed by atoms with E-state index in [1.165, 1.54) is 77.0 Å². The number of ether oxygens (including phenoxy) is 1. The number of amides is 1. The summed E-state index contributed by atoms with van der Waals surface area (Å²) in [5.41, 5.74) is 0. The average Bonchev–Trinajstić information content (AvgIpc) is 2.65. The van der Waals surface area contributed by atoms with Gasteiger partial charge in [-0.25, -0.2) is 0 Å². The third kappa shape index (κ3) is 18.2. The van der Waals surface area contributed by atoms with Crippen LogP contribution in [0.2, 0.25) is 0 Å². The fraction of sp³-hybridized carbons (Fsp3) is 0.952. The smallest absolute Gasteiger partial charge is 0.251 e. The number of rotatable bonds is 20. The second kappa shape index (κ2) is 20.7. The Balaban J connectivity index is 3.16. The fourth-order valence-electron chi connectivity index (χ4n) is 2.97. The maximum Gasteiger partial charge on any atom is 0.251 e. The highest BCUT2D eigenvalue weighted by molar-refractivity contribution is 5.80. The van der Waals surface area contributed by atoms with E-state index < -0.39 is 12.0 Å². The van der Waals surface area contributed by atoms with E-state index in [0.29, 0.717) is 6.61 Å². The average molecular weight is 374 g/mol. The molecule has 0 rings (SSSR count). The molecule has 1 amide bonds. The third-order valence-corrected chi connectivity index (χ3v) is 4.63. The highest BCUT2D eigenvalue weighted by atomic mass is 16.5. The molecule has 0 spiro atoms. The topological polar surface area (TPSA) is 78.8 Å². The SMILES string of the molecule is CCCCCCCCCCCCCCCCOCC(O)C(=O)NCCO. The summed E-state index contributed by atoms with van der Waals surface area (Å²) >= 11 is 0. The molecule has 0 radical (unpaired) electrons. The van der Waals surface area contributed by atoms with E-state index in [0.717, 1.165) is 12.8 Å². The Morgan fingerprint density at radius 2 is 1.31 bits per heavy atom. The molecule has 156 valence electrons. The van der Waals surface area contributed by atoms with Gasteiger partial charge in [-0.1, -0.05) is 90.4 Å². The first kappa shape index (κ1) is 25.4. The van der Waals surface area contributed by atoms with Gasteiger partial charge in [0, 0.05) is 13.2 Å². The molecule has 0 aromatic carbocycles. The number of hydrogen-bond donors (Lipinski definition) is 3.